The molecule has 2 aromatic carbocycles. The number of nitrogens with zero attached hydrogens (tertiary/aromatic N) is 2. The predicted molar refractivity (Wildman–Crippen MR) is 80.2 cm³/mol. The second-order valence-electron chi connectivity index (χ2n) is 5.43. The first-order chi connectivity index (χ1) is 10.6. The molecule has 0 radical (unpaired) electrons. The Morgan fingerprint density at radius 3 is 2.18 bits per heavy atom. The molecule has 5 heteroatoms. The first kappa shape index (κ1) is 14.9. The summed E-state index contributed by atoms with van der Waals surface area (Å²) in [7, 11) is 0. The van der Waals surface area contributed by atoms with Crippen LogP contribution in [0.4, 0.5) is 18.9 Å². The van der Waals surface area contributed by atoms with Gasteiger partial charge in [-0.25, -0.2) is 13.2 Å². The number of rotatable bonds is 3. The Morgan fingerprint density at radius 2 is 1.45 bits per heavy atom. The molecule has 1 saturated heterocycles. The van der Waals surface area contributed by atoms with Crippen LogP contribution >= 0.6 is 0 Å². The van der Waals surface area contributed by atoms with E-state index in [2.05, 4.69) is 4.90 Å². The second kappa shape index (κ2) is 6.40. The molecule has 2 aromatic rings. The highest BCUT2D eigenvalue weighted by Crippen LogP contribution is 2.21. The van der Waals surface area contributed by atoms with E-state index in [9.17, 15) is 13.2 Å². The van der Waals surface area contributed by atoms with Crippen LogP contribution in [0.1, 0.15) is 5.56 Å². The lowest BCUT2D eigenvalue weighted by atomic mass is 10.1. The van der Waals surface area contributed by atoms with Gasteiger partial charge in [-0.05, 0) is 18.2 Å². The van der Waals surface area contributed by atoms with Crippen LogP contribution in [0, 0.1) is 17.5 Å². The van der Waals surface area contributed by atoms with Crippen molar-refractivity contribution in [1.82, 2.24) is 4.90 Å². The molecule has 0 aromatic heterocycles. The lowest BCUT2D eigenvalue weighted by Gasteiger charge is -2.36. The number of piperazine rings is 1. The third-order valence-electron chi connectivity index (χ3n) is 3.99. The minimum absolute atomic E-state index is 0.230. The summed E-state index contributed by atoms with van der Waals surface area (Å²) >= 11 is 0. The van der Waals surface area contributed by atoms with E-state index < -0.39 is 11.6 Å². The van der Waals surface area contributed by atoms with Gasteiger partial charge in [0.1, 0.15) is 5.82 Å². The minimum Gasteiger partial charge on any atom is -0.367 e. The van der Waals surface area contributed by atoms with Crippen LogP contribution in [-0.4, -0.2) is 31.1 Å². The number of anilines is 1. The standard InChI is InChI=1S/C17H17F3N2/c18-14-5-1-2-7-16(14)22-10-8-21(9-11-22)12-13-4-3-6-15(19)17(13)20/h1-7H,8-12H2. The van der Waals surface area contributed by atoms with E-state index in [-0.39, 0.29) is 5.82 Å². The molecule has 22 heavy (non-hydrogen) atoms. The van der Waals surface area contributed by atoms with E-state index >= 15 is 0 Å². The molecule has 1 aliphatic heterocycles. The molecule has 3 rings (SSSR count). The van der Waals surface area contributed by atoms with Crippen molar-refractivity contribution in [3.63, 3.8) is 0 Å². The number of hydrogen-bond donors (Lipinski definition) is 0. The average molecular weight is 306 g/mol. The van der Waals surface area contributed by atoms with Crippen LogP contribution in [0.25, 0.3) is 0 Å². The highest BCUT2D eigenvalue weighted by atomic mass is 19.2. The molecule has 1 aliphatic rings. The summed E-state index contributed by atoms with van der Waals surface area (Å²) in [5.41, 5.74) is 0.957. The molecule has 1 heterocycles. The van der Waals surface area contributed by atoms with Crippen LogP contribution in [0.5, 0.6) is 0 Å². The van der Waals surface area contributed by atoms with Crippen molar-refractivity contribution in [1.29, 1.82) is 0 Å². The molecule has 0 spiro atoms. The second-order valence-corrected chi connectivity index (χ2v) is 5.43. The van der Waals surface area contributed by atoms with E-state index in [0.29, 0.717) is 44.0 Å². The highest BCUT2D eigenvalue weighted by molar-refractivity contribution is 5.48. The third kappa shape index (κ3) is 3.09. The Hall–Kier alpha value is -2.01. The molecule has 1 fully saturated rings. The van der Waals surface area contributed by atoms with Crippen molar-refractivity contribution in [3.05, 3.63) is 65.5 Å². The van der Waals surface area contributed by atoms with E-state index in [1.165, 1.54) is 12.1 Å². The topological polar surface area (TPSA) is 6.48 Å². The smallest absolute Gasteiger partial charge is 0.163 e. The molecule has 116 valence electrons. The largest absolute Gasteiger partial charge is 0.367 e. The molecule has 2 nitrogen and oxygen atoms in total. The summed E-state index contributed by atoms with van der Waals surface area (Å²) in [6.07, 6.45) is 0. The van der Waals surface area contributed by atoms with Gasteiger partial charge in [0.25, 0.3) is 0 Å². The van der Waals surface area contributed by atoms with Crippen molar-refractivity contribution in [2.24, 2.45) is 0 Å². The average Bonchev–Trinajstić information content (AvgIpc) is 2.53. The Kier molecular flexibility index (Phi) is 4.34. The molecule has 0 N–H and O–H groups in total. The van der Waals surface area contributed by atoms with Gasteiger partial charge in [-0.2, -0.15) is 0 Å². The Balaban J connectivity index is 1.63. The zero-order valence-corrected chi connectivity index (χ0v) is 12.1. The number of hydrogen-bond acceptors (Lipinski definition) is 2. The van der Waals surface area contributed by atoms with Crippen molar-refractivity contribution in [2.75, 3.05) is 31.1 Å². The first-order valence-electron chi connectivity index (χ1n) is 7.30. The van der Waals surface area contributed by atoms with Gasteiger partial charge in [-0.3, -0.25) is 4.90 Å². The Bertz CT molecular complexity index is 652. The molecule has 0 atom stereocenters. The van der Waals surface area contributed by atoms with Crippen molar-refractivity contribution >= 4 is 5.69 Å². The van der Waals surface area contributed by atoms with E-state index in [1.807, 2.05) is 11.0 Å². The molecule has 0 bridgehead atoms. The monoisotopic (exact) mass is 306 g/mol. The summed E-state index contributed by atoms with van der Waals surface area (Å²) in [5.74, 6) is -1.83. The summed E-state index contributed by atoms with van der Waals surface area (Å²) in [5, 5.41) is 0. The molecular weight excluding hydrogens is 289 g/mol. The van der Waals surface area contributed by atoms with E-state index in [1.54, 1.807) is 18.2 Å². The summed E-state index contributed by atoms with van der Waals surface area (Å²) in [6, 6.07) is 10.9. The van der Waals surface area contributed by atoms with E-state index in [0.717, 1.165) is 6.07 Å². The molecule has 0 unspecified atom stereocenters. The highest BCUT2D eigenvalue weighted by Gasteiger charge is 2.20. The fourth-order valence-corrected chi connectivity index (χ4v) is 2.77. The number of halogens is 3. The third-order valence-corrected chi connectivity index (χ3v) is 3.99. The predicted octanol–water partition coefficient (Wildman–Crippen LogP) is 3.43. The Morgan fingerprint density at radius 1 is 0.773 bits per heavy atom. The fraction of sp³-hybridized carbons (Fsp3) is 0.294. The number of para-hydroxylation sites is 1. The maximum atomic E-state index is 13.8. The molecule has 0 amide bonds. The van der Waals surface area contributed by atoms with Gasteiger partial charge >= 0.3 is 0 Å². The zero-order chi connectivity index (χ0) is 15.5. The number of benzene rings is 2. The molecular formula is C17H17F3N2. The zero-order valence-electron chi connectivity index (χ0n) is 12.1. The van der Waals surface area contributed by atoms with E-state index in [4.69, 9.17) is 0 Å². The maximum Gasteiger partial charge on any atom is 0.163 e. The summed E-state index contributed by atoms with van der Waals surface area (Å²) in [6.45, 7) is 3.07. The van der Waals surface area contributed by atoms with Gasteiger partial charge < -0.3 is 4.90 Å². The van der Waals surface area contributed by atoms with Gasteiger partial charge in [-0.15, -0.1) is 0 Å². The van der Waals surface area contributed by atoms with Crippen LogP contribution in [0.2, 0.25) is 0 Å². The van der Waals surface area contributed by atoms with Gasteiger partial charge in [0, 0.05) is 38.3 Å². The SMILES string of the molecule is Fc1ccccc1N1CCN(Cc2cccc(F)c2F)CC1. The first-order valence-corrected chi connectivity index (χ1v) is 7.30. The lowest BCUT2D eigenvalue weighted by molar-refractivity contribution is 0.245. The van der Waals surface area contributed by atoms with Crippen molar-refractivity contribution in [3.8, 4) is 0 Å². The summed E-state index contributed by atoms with van der Waals surface area (Å²) in [4.78, 5) is 4.03. The van der Waals surface area contributed by atoms with Crippen LogP contribution in [0.15, 0.2) is 42.5 Å². The van der Waals surface area contributed by atoms with Crippen molar-refractivity contribution in [2.45, 2.75) is 6.54 Å². The fourth-order valence-electron chi connectivity index (χ4n) is 2.77. The Labute approximate surface area is 127 Å². The van der Waals surface area contributed by atoms with Crippen molar-refractivity contribution < 1.29 is 13.2 Å². The van der Waals surface area contributed by atoms with Crippen LogP contribution in [0.3, 0.4) is 0 Å². The van der Waals surface area contributed by atoms with Gasteiger partial charge in [0.15, 0.2) is 11.6 Å². The normalized spacial score (nSPS) is 16.0. The van der Waals surface area contributed by atoms with Gasteiger partial charge in [0.2, 0.25) is 0 Å². The minimum atomic E-state index is -0.817. The quantitative estimate of drug-likeness (QED) is 0.857. The van der Waals surface area contributed by atoms with Crippen LogP contribution in [-0.2, 0) is 6.54 Å². The molecule has 0 aliphatic carbocycles. The van der Waals surface area contributed by atoms with Gasteiger partial charge in [-0.1, -0.05) is 24.3 Å². The molecule has 0 saturated carbocycles. The van der Waals surface area contributed by atoms with Crippen LogP contribution < -0.4 is 4.90 Å². The summed E-state index contributed by atoms with van der Waals surface area (Å²) < 4.78 is 40.7. The maximum absolute atomic E-state index is 13.8. The van der Waals surface area contributed by atoms with Gasteiger partial charge in [0.05, 0.1) is 5.69 Å². The lowest BCUT2D eigenvalue weighted by Crippen LogP contribution is -2.46.